The number of nitrogens with one attached hydrogen (secondary N) is 2. The van der Waals surface area contributed by atoms with Gasteiger partial charge in [0.05, 0.1) is 11.7 Å². The third-order valence-corrected chi connectivity index (χ3v) is 4.88. The van der Waals surface area contributed by atoms with Gasteiger partial charge in [-0.05, 0) is 49.2 Å². The van der Waals surface area contributed by atoms with Crippen LogP contribution in [0.5, 0.6) is 0 Å². The minimum atomic E-state index is 0.390. The fourth-order valence-corrected chi connectivity index (χ4v) is 3.83. The van der Waals surface area contributed by atoms with Crippen molar-refractivity contribution < 1.29 is 0 Å². The zero-order chi connectivity index (χ0) is 16.5. The Labute approximate surface area is 150 Å². The summed E-state index contributed by atoms with van der Waals surface area (Å²) in [5.41, 5.74) is 3.27. The van der Waals surface area contributed by atoms with Crippen LogP contribution in [0.2, 0.25) is 10.0 Å². The maximum atomic E-state index is 6.14. The Morgan fingerprint density at radius 2 is 1.96 bits per heavy atom. The molecule has 0 amide bonds. The van der Waals surface area contributed by atoms with Gasteiger partial charge in [0.1, 0.15) is 0 Å². The van der Waals surface area contributed by atoms with E-state index in [0.717, 1.165) is 48.2 Å². The monoisotopic (exact) mass is 360 g/mol. The summed E-state index contributed by atoms with van der Waals surface area (Å²) in [6.45, 7) is 1.95. The highest BCUT2D eigenvalue weighted by molar-refractivity contribution is 6.35. The molecule has 6 heteroatoms. The molecule has 2 N–H and O–H groups in total. The first-order valence-electron chi connectivity index (χ1n) is 8.08. The van der Waals surface area contributed by atoms with Crippen molar-refractivity contribution in [1.29, 1.82) is 0 Å². The molecule has 1 fully saturated rings. The van der Waals surface area contributed by atoms with Crippen molar-refractivity contribution in [2.24, 2.45) is 0 Å². The quantitative estimate of drug-likeness (QED) is 0.694. The second-order valence-corrected chi connectivity index (χ2v) is 7.10. The van der Waals surface area contributed by atoms with E-state index in [2.05, 4.69) is 38.6 Å². The van der Waals surface area contributed by atoms with Gasteiger partial charge in [-0.1, -0.05) is 23.2 Å². The number of aromatic nitrogens is 2. The lowest BCUT2D eigenvalue weighted by Crippen LogP contribution is -2.42. The van der Waals surface area contributed by atoms with Crippen molar-refractivity contribution in [2.75, 3.05) is 23.3 Å². The zero-order valence-corrected chi connectivity index (χ0v) is 14.6. The van der Waals surface area contributed by atoms with Crippen LogP contribution >= 0.6 is 23.2 Å². The molecular formula is C18H18Cl2N4. The van der Waals surface area contributed by atoms with Crippen LogP contribution in [0.1, 0.15) is 12.8 Å². The summed E-state index contributed by atoms with van der Waals surface area (Å²) in [6.07, 6.45) is 4.13. The number of anilines is 2. The van der Waals surface area contributed by atoms with E-state index < -0.39 is 0 Å². The fraction of sp³-hybridized carbons (Fsp3) is 0.278. The zero-order valence-electron chi connectivity index (χ0n) is 13.1. The molecule has 124 valence electrons. The normalized spacial score (nSPS) is 18.1. The van der Waals surface area contributed by atoms with Gasteiger partial charge in [0.25, 0.3) is 0 Å². The highest BCUT2D eigenvalue weighted by atomic mass is 35.5. The Kier molecular flexibility index (Phi) is 4.25. The lowest BCUT2D eigenvalue weighted by molar-refractivity contribution is 0.530. The third-order valence-electron chi connectivity index (χ3n) is 4.44. The van der Waals surface area contributed by atoms with Crippen molar-refractivity contribution in [3.8, 4) is 0 Å². The molecule has 0 bridgehead atoms. The molecular weight excluding hydrogens is 343 g/mol. The van der Waals surface area contributed by atoms with Crippen LogP contribution in [0, 0.1) is 0 Å². The van der Waals surface area contributed by atoms with Crippen molar-refractivity contribution in [2.45, 2.75) is 18.9 Å². The van der Waals surface area contributed by atoms with Crippen LogP contribution in [0.15, 0.2) is 42.6 Å². The van der Waals surface area contributed by atoms with E-state index in [1.54, 1.807) is 6.07 Å². The molecule has 3 aromatic rings. The van der Waals surface area contributed by atoms with Crippen molar-refractivity contribution in [3.05, 3.63) is 52.6 Å². The molecule has 4 rings (SSSR count). The summed E-state index contributed by atoms with van der Waals surface area (Å²) in [4.78, 5) is 2.34. The Hall–Kier alpha value is -1.91. The molecule has 1 aromatic heterocycles. The van der Waals surface area contributed by atoms with Gasteiger partial charge in [-0.25, -0.2) is 0 Å². The lowest BCUT2D eigenvalue weighted by atomic mass is 10.0. The SMILES string of the molecule is Clc1cc(Cl)cc(N2CCCC(Nc3ccc4[nH]ncc4c3)C2)c1. The largest absolute Gasteiger partial charge is 0.381 e. The molecule has 1 unspecified atom stereocenters. The van der Waals surface area contributed by atoms with E-state index in [9.17, 15) is 0 Å². The number of benzene rings is 2. The first kappa shape index (κ1) is 15.6. The highest BCUT2D eigenvalue weighted by Crippen LogP contribution is 2.28. The van der Waals surface area contributed by atoms with Gasteiger partial charge >= 0.3 is 0 Å². The van der Waals surface area contributed by atoms with Crippen LogP contribution in [0.3, 0.4) is 0 Å². The molecule has 4 nitrogen and oxygen atoms in total. The molecule has 0 aliphatic carbocycles. The Balaban J connectivity index is 1.49. The first-order valence-corrected chi connectivity index (χ1v) is 8.84. The van der Waals surface area contributed by atoms with Crippen LogP contribution in [0.4, 0.5) is 11.4 Å². The molecule has 1 aliphatic rings. The molecule has 2 aromatic carbocycles. The van der Waals surface area contributed by atoms with Crippen LogP contribution in [0.25, 0.3) is 10.9 Å². The summed E-state index contributed by atoms with van der Waals surface area (Å²) in [5.74, 6) is 0. The summed E-state index contributed by atoms with van der Waals surface area (Å²) < 4.78 is 0. The van der Waals surface area contributed by atoms with Crippen LogP contribution < -0.4 is 10.2 Å². The van der Waals surface area contributed by atoms with Crippen LogP contribution in [-0.4, -0.2) is 29.3 Å². The van der Waals surface area contributed by atoms with E-state index in [0.29, 0.717) is 16.1 Å². The van der Waals surface area contributed by atoms with Gasteiger partial charge in [-0.3, -0.25) is 5.10 Å². The molecule has 1 atom stereocenters. The number of fused-ring (bicyclic) bond motifs is 1. The van der Waals surface area contributed by atoms with E-state index in [-0.39, 0.29) is 0 Å². The van der Waals surface area contributed by atoms with Crippen molar-refractivity contribution >= 4 is 45.5 Å². The molecule has 2 heterocycles. The summed E-state index contributed by atoms with van der Waals surface area (Å²) in [7, 11) is 0. The number of rotatable bonds is 3. The van der Waals surface area contributed by atoms with E-state index in [1.165, 1.54) is 0 Å². The number of halogens is 2. The van der Waals surface area contributed by atoms with E-state index in [1.807, 2.05) is 18.3 Å². The highest BCUT2D eigenvalue weighted by Gasteiger charge is 2.20. The second kappa shape index (κ2) is 6.54. The number of hydrogen-bond donors (Lipinski definition) is 2. The van der Waals surface area contributed by atoms with Crippen molar-refractivity contribution in [1.82, 2.24) is 10.2 Å². The van der Waals surface area contributed by atoms with Crippen molar-refractivity contribution in [3.63, 3.8) is 0 Å². The number of H-pyrrole nitrogens is 1. The number of nitrogens with zero attached hydrogens (tertiary/aromatic N) is 2. The molecule has 0 saturated carbocycles. The minimum Gasteiger partial charge on any atom is -0.381 e. The maximum Gasteiger partial charge on any atom is 0.0651 e. The lowest BCUT2D eigenvalue weighted by Gasteiger charge is -2.35. The predicted molar refractivity (Wildman–Crippen MR) is 101 cm³/mol. The fourth-order valence-electron chi connectivity index (χ4n) is 3.32. The van der Waals surface area contributed by atoms with Gasteiger partial charge in [0, 0.05) is 45.9 Å². The van der Waals surface area contributed by atoms with Gasteiger partial charge < -0.3 is 10.2 Å². The van der Waals surface area contributed by atoms with E-state index in [4.69, 9.17) is 23.2 Å². The molecule has 1 saturated heterocycles. The van der Waals surface area contributed by atoms with Gasteiger partial charge in [-0.2, -0.15) is 5.10 Å². The number of aromatic amines is 1. The third kappa shape index (κ3) is 3.30. The minimum absolute atomic E-state index is 0.390. The standard InChI is InChI=1S/C18H18Cl2N4/c19-13-7-14(20)9-17(8-13)24-5-1-2-16(11-24)22-15-3-4-18-12(6-15)10-21-23-18/h3-4,6-10,16,22H,1-2,5,11H2,(H,21,23). The summed E-state index contributed by atoms with van der Waals surface area (Å²) in [6, 6.07) is 12.4. The average molecular weight is 361 g/mol. The summed E-state index contributed by atoms with van der Waals surface area (Å²) >= 11 is 12.3. The van der Waals surface area contributed by atoms with Gasteiger partial charge in [0.2, 0.25) is 0 Å². The van der Waals surface area contributed by atoms with E-state index >= 15 is 0 Å². The number of hydrogen-bond acceptors (Lipinski definition) is 3. The molecule has 0 radical (unpaired) electrons. The Morgan fingerprint density at radius 3 is 2.79 bits per heavy atom. The van der Waals surface area contributed by atoms with Crippen LogP contribution in [-0.2, 0) is 0 Å². The smallest absolute Gasteiger partial charge is 0.0651 e. The number of piperidine rings is 1. The average Bonchev–Trinajstić information content (AvgIpc) is 3.02. The molecule has 24 heavy (non-hydrogen) atoms. The Morgan fingerprint density at radius 1 is 1.12 bits per heavy atom. The first-order chi connectivity index (χ1) is 11.7. The second-order valence-electron chi connectivity index (χ2n) is 6.23. The predicted octanol–water partition coefficient (Wildman–Crippen LogP) is 4.95. The Bertz CT molecular complexity index is 841. The maximum absolute atomic E-state index is 6.14. The molecule has 1 aliphatic heterocycles. The summed E-state index contributed by atoms with van der Waals surface area (Å²) in [5, 5.41) is 13.2. The topological polar surface area (TPSA) is 44.0 Å². The van der Waals surface area contributed by atoms with Gasteiger partial charge in [-0.15, -0.1) is 0 Å². The molecule has 0 spiro atoms. The van der Waals surface area contributed by atoms with Gasteiger partial charge in [0.15, 0.2) is 0 Å².